The van der Waals surface area contributed by atoms with Gasteiger partial charge in [-0.15, -0.1) is 11.8 Å². The second kappa shape index (κ2) is 8.83. The number of carbonyl (C=O) groups excluding carboxylic acids is 3. The largest absolute Gasteiger partial charge is 0.482 e. The molecule has 1 aliphatic rings. The van der Waals surface area contributed by atoms with Crippen LogP contribution in [0.25, 0.3) is 0 Å². The molecule has 0 unspecified atom stereocenters. The van der Waals surface area contributed by atoms with Crippen molar-refractivity contribution in [3.05, 3.63) is 53.6 Å². The van der Waals surface area contributed by atoms with Gasteiger partial charge in [-0.25, -0.2) is 8.78 Å². The number of hydrogen-bond donors (Lipinski definition) is 1. The Bertz CT molecular complexity index is 935. The van der Waals surface area contributed by atoms with Crippen LogP contribution in [-0.2, 0) is 14.3 Å². The van der Waals surface area contributed by atoms with Crippen LogP contribution < -0.4 is 10.1 Å². The summed E-state index contributed by atoms with van der Waals surface area (Å²) in [5, 5.41) is 2.59. The Morgan fingerprint density at radius 2 is 1.96 bits per heavy atom. The third-order valence-corrected chi connectivity index (χ3v) is 4.76. The number of Topliss-reactive ketones (excluding diaryl/α,β-unsaturated/α-hetero) is 1. The normalized spacial score (nSPS) is 12.6. The number of thioether (sulfide) groups is 1. The van der Waals surface area contributed by atoms with Gasteiger partial charge in [-0.3, -0.25) is 14.4 Å². The van der Waals surface area contributed by atoms with Crippen LogP contribution in [-0.4, -0.2) is 36.6 Å². The Morgan fingerprint density at radius 3 is 2.75 bits per heavy atom. The summed E-state index contributed by atoms with van der Waals surface area (Å²) in [7, 11) is 0. The van der Waals surface area contributed by atoms with E-state index in [9.17, 15) is 23.2 Å². The first-order chi connectivity index (χ1) is 13.4. The SMILES string of the molecule is O=C1COc2ccc(C(=O)COC(=O)CCSc3ccc(F)c(F)c3)cc2N1. The minimum atomic E-state index is -0.954. The van der Waals surface area contributed by atoms with Crippen molar-refractivity contribution in [1.82, 2.24) is 0 Å². The first-order valence-electron chi connectivity index (χ1n) is 8.26. The second-order valence-electron chi connectivity index (χ2n) is 5.81. The van der Waals surface area contributed by atoms with Crippen LogP contribution in [0.4, 0.5) is 14.5 Å². The average Bonchev–Trinajstić information content (AvgIpc) is 2.68. The number of fused-ring (bicyclic) bond motifs is 1. The van der Waals surface area contributed by atoms with Gasteiger partial charge in [-0.05, 0) is 36.4 Å². The zero-order chi connectivity index (χ0) is 20.1. The fraction of sp³-hybridized carbons (Fsp3) is 0.211. The van der Waals surface area contributed by atoms with E-state index in [0.717, 1.165) is 12.1 Å². The molecular weight excluding hydrogens is 392 g/mol. The van der Waals surface area contributed by atoms with E-state index in [1.807, 2.05) is 0 Å². The van der Waals surface area contributed by atoms with Gasteiger partial charge in [0.15, 0.2) is 30.6 Å². The number of halogens is 2. The summed E-state index contributed by atoms with van der Waals surface area (Å²) in [6.07, 6.45) is 0.00499. The van der Waals surface area contributed by atoms with Gasteiger partial charge in [-0.1, -0.05) is 0 Å². The van der Waals surface area contributed by atoms with Gasteiger partial charge in [-0.2, -0.15) is 0 Å². The Kier molecular flexibility index (Phi) is 6.25. The van der Waals surface area contributed by atoms with Crippen LogP contribution in [0.15, 0.2) is 41.3 Å². The maximum absolute atomic E-state index is 13.1. The van der Waals surface area contributed by atoms with Crippen LogP contribution in [0, 0.1) is 11.6 Å². The molecule has 1 N–H and O–H groups in total. The Morgan fingerprint density at radius 1 is 1.14 bits per heavy atom. The fourth-order valence-electron chi connectivity index (χ4n) is 2.38. The zero-order valence-electron chi connectivity index (χ0n) is 14.5. The number of hydrogen-bond acceptors (Lipinski definition) is 6. The molecule has 1 heterocycles. The lowest BCUT2D eigenvalue weighted by molar-refractivity contribution is -0.142. The lowest BCUT2D eigenvalue weighted by Gasteiger charge is -2.18. The highest BCUT2D eigenvalue weighted by molar-refractivity contribution is 7.99. The van der Waals surface area contributed by atoms with Crippen molar-refractivity contribution < 1.29 is 32.6 Å². The maximum Gasteiger partial charge on any atom is 0.307 e. The molecule has 0 spiro atoms. The smallest absolute Gasteiger partial charge is 0.307 e. The van der Waals surface area contributed by atoms with Crippen LogP contribution in [0.5, 0.6) is 5.75 Å². The Labute approximate surface area is 163 Å². The number of rotatable bonds is 7. The van der Waals surface area contributed by atoms with E-state index in [1.165, 1.54) is 30.0 Å². The van der Waals surface area contributed by atoms with E-state index < -0.39 is 30.0 Å². The number of ether oxygens (including phenoxy) is 2. The van der Waals surface area contributed by atoms with Crippen molar-refractivity contribution in [3.8, 4) is 5.75 Å². The molecule has 6 nitrogen and oxygen atoms in total. The average molecular weight is 407 g/mol. The van der Waals surface area contributed by atoms with Gasteiger partial charge in [0.25, 0.3) is 5.91 Å². The van der Waals surface area contributed by atoms with E-state index in [-0.39, 0.29) is 24.5 Å². The first kappa shape index (κ1) is 19.8. The molecule has 0 aliphatic carbocycles. The monoisotopic (exact) mass is 407 g/mol. The number of benzene rings is 2. The number of ketones is 1. The number of nitrogens with one attached hydrogen (secondary N) is 1. The van der Waals surface area contributed by atoms with Crippen molar-refractivity contribution in [2.45, 2.75) is 11.3 Å². The lowest BCUT2D eigenvalue weighted by Crippen LogP contribution is -2.25. The summed E-state index contributed by atoms with van der Waals surface area (Å²) >= 11 is 1.17. The number of esters is 1. The molecule has 2 aromatic carbocycles. The van der Waals surface area contributed by atoms with Crippen molar-refractivity contribution >= 4 is 35.1 Å². The third kappa shape index (κ3) is 5.07. The minimum Gasteiger partial charge on any atom is -0.482 e. The zero-order valence-corrected chi connectivity index (χ0v) is 15.3. The Hall–Kier alpha value is -2.94. The van der Waals surface area contributed by atoms with Crippen LogP contribution in [0.2, 0.25) is 0 Å². The summed E-state index contributed by atoms with van der Waals surface area (Å²) in [4.78, 5) is 35.8. The molecule has 0 radical (unpaired) electrons. The molecule has 0 aromatic heterocycles. The minimum absolute atomic E-state index is 0.00499. The molecule has 0 fully saturated rings. The molecule has 0 saturated carbocycles. The molecule has 1 amide bonds. The predicted molar refractivity (Wildman–Crippen MR) is 97.6 cm³/mol. The Balaban J connectivity index is 1.45. The molecule has 9 heteroatoms. The van der Waals surface area contributed by atoms with Crippen molar-refractivity contribution in [3.63, 3.8) is 0 Å². The van der Waals surface area contributed by atoms with Gasteiger partial charge in [0, 0.05) is 16.2 Å². The second-order valence-corrected chi connectivity index (χ2v) is 6.97. The predicted octanol–water partition coefficient (Wildman–Crippen LogP) is 3.20. The van der Waals surface area contributed by atoms with Gasteiger partial charge in [0.1, 0.15) is 5.75 Å². The van der Waals surface area contributed by atoms with Gasteiger partial charge in [0.2, 0.25) is 0 Å². The van der Waals surface area contributed by atoms with E-state index in [2.05, 4.69) is 5.32 Å². The van der Waals surface area contributed by atoms with Gasteiger partial charge < -0.3 is 14.8 Å². The molecule has 28 heavy (non-hydrogen) atoms. The summed E-state index contributed by atoms with van der Waals surface area (Å²) in [6.45, 7) is -0.525. The van der Waals surface area contributed by atoms with Crippen LogP contribution >= 0.6 is 11.8 Å². The van der Waals surface area contributed by atoms with E-state index >= 15 is 0 Å². The van der Waals surface area contributed by atoms with E-state index in [0.29, 0.717) is 22.1 Å². The molecule has 0 saturated heterocycles. The highest BCUT2D eigenvalue weighted by Crippen LogP contribution is 2.28. The molecule has 146 valence electrons. The summed E-state index contributed by atoms with van der Waals surface area (Å²) in [5.74, 6) is -2.47. The summed E-state index contributed by atoms with van der Waals surface area (Å²) in [5.41, 5.74) is 0.657. The molecule has 0 atom stereocenters. The fourth-order valence-corrected chi connectivity index (χ4v) is 3.23. The first-order valence-corrected chi connectivity index (χ1v) is 9.24. The van der Waals surface area contributed by atoms with E-state index in [1.54, 1.807) is 6.07 Å². The maximum atomic E-state index is 13.1. The standard InChI is InChI=1S/C19H15F2NO5S/c20-13-3-2-12(8-14(13)21)28-6-5-19(25)27-9-16(23)11-1-4-17-15(7-11)22-18(24)10-26-17/h1-4,7-8H,5-6,9-10H2,(H,22,24). The third-order valence-electron chi connectivity index (χ3n) is 3.76. The van der Waals surface area contributed by atoms with Crippen molar-refractivity contribution in [2.75, 3.05) is 24.3 Å². The quantitative estimate of drug-likeness (QED) is 0.431. The van der Waals surface area contributed by atoms with Gasteiger partial charge in [0.05, 0.1) is 12.1 Å². The highest BCUT2D eigenvalue weighted by Gasteiger charge is 2.18. The van der Waals surface area contributed by atoms with E-state index in [4.69, 9.17) is 9.47 Å². The molecule has 1 aliphatic heterocycles. The number of amides is 1. The molecule has 0 bridgehead atoms. The highest BCUT2D eigenvalue weighted by atomic mass is 32.2. The summed E-state index contributed by atoms with van der Waals surface area (Å²) < 4.78 is 36.1. The molecule has 2 aromatic rings. The topological polar surface area (TPSA) is 81.7 Å². The van der Waals surface area contributed by atoms with Crippen molar-refractivity contribution in [2.24, 2.45) is 0 Å². The molecular formula is C19H15F2NO5S. The van der Waals surface area contributed by atoms with Crippen molar-refractivity contribution in [1.29, 1.82) is 0 Å². The van der Waals surface area contributed by atoms with Gasteiger partial charge >= 0.3 is 5.97 Å². The summed E-state index contributed by atoms with van der Waals surface area (Å²) in [6, 6.07) is 8.01. The number of carbonyl (C=O) groups is 3. The van der Waals surface area contributed by atoms with Crippen LogP contribution in [0.3, 0.4) is 0 Å². The number of anilines is 1. The van der Waals surface area contributed by atoms with Crippen LogP contribution in [0.1, 0.15) is 16.8 Å². The lowest BCUT2D eigenvalue weighted by atomic mass is 10.1. The molecule has 3 rings (SSSR count).